The summed E-state index contributed by atoms with van der Waals surface area (Å²) in [6.07, 6.45) is 0. The molecule has 0 spiro atoms. The average molecular weight is 249 g/mol. The fourth-order valence-corrected chi connectivity index (χ4v) is 0. The van der Waals surface area contributed by atoms with Crippen LogP contribution in [0.25, 0.3) is 0 Å². The summed E-state index contributed by atoms with van der Waals surface area (Å²) in [5.41, 5.74) is 0. The summed E-state index contributed by atoms with van der Waals surface area (Å²) in [6, 6.07) is 0. The minimum atomic E-state index is 0. The molecule has 0 aromatic carbocycles. The van der Waals surface area contributed by atoms with Gasteiger partial charge in [0, 0.05) is 95.4 Å². The van der Waals surface area contributed by atoms with Crippen molar-refractivity contribution < 1.29 is 72.3 Å². The Morgan fingerprint density at radius 2 is 1.00 bits per heavy atom. The minimum Gasteiger partial charge on any atom is 0 e. The predicted octanol–water partition coefficient (Wildman–Crippen LogP) is -0.391. The van der Waals surface area contributed by atoms with Crippen molar-refractivity contribution in [3.05, 3.63) is 0 Å². The van der Waals surface area contributed by atoms with Gasteiger partial charge in [0.1, 0.15) is 0 Å². The Morgan fingerprint density at radius 1 is 1.00 bits per heavy atom. The number of hydrogen-bond donors (Lipinski definition) is 0. The van der Waals surface area contributed by atoms with Gasteiger partial charge in [0.15, 0.2) is 0 Å². The summed E-state index contributed by atoms with van der Waals surface area (Å²) < 4.78 is 0. The Labute approximate surface area is 93.9 Å². The van der Waals surface area contributed by atoms with Crippen LogP contribution in [-0.2, 0) is 72.3 Å². The normalized spacial score (nSPS) is 0. The fraction of sp³-hybridized carbons (Fsp3) is 0. The van der Waals surface area contributed by atoms with Gasteiger partial charge < -0.3 is 0 Å². The molecule has 34 valence electrons. The first kappa shape index (κ1) is 43.4. The van der Waals surface area contributed by atoms with Crippen molar-refractivity contribution in [3.63, 3.8) is 0 Å². The molecular formula is CuMgMnNiTi. The molecule has 5 heteroatoms. The summed E-state index contributed by atoms with van der Waals surface area (Å²) in [7, 11) is 0. The molecule has 0 N–H and O–H groups in total. The van der Waals surface area contributed by atoms with Crippen LogP contribution >= 0.6 is 0 Å². The molecular weight excluding hydrogens is 249 g/mol. The van der Waals surface area contributed by atoms with Crippen molar-refractivity contribution >= 4 is 23.1 Å². The quantitative estimate of drug-likeness (QED) is 0.513. The van der Waals surface area contributed by atoms with Gasteiger partial charge in [-0.2, -0.15) is 0 Å². The molecule has 0 unspecified atom stereocenters. The molecule has 0 aliphatic rings. The summed E-state index contributed by atoms with van der Waals surface area (Å²) in [4.78, 5) is 0. The van der Waals surface area contributed by atoms with Crippen LogP contribution in [0.5, 0.6) is 0 Å². The maximum absolute atomic E-state index is 0. The van der Waals surface area contributed by atoms with Crippen LogP contribution < -0.4 is 0 Å². The van der Waals surface area contributed by atoms with Crippen molar-refractivity contribution in [1.82, 2.24) is 0 Å². The second-order valence-corrected chi connectivity index (χ2v) is 0. The van der Waals surface area contributed by atoms with E-state index in [1.807, 2.05) is 0 Å². The Morgan fingerprint density at radius 3 is 1.00 bits per heavy atom. The van der Waals surface area contributed by atoms with E-state index in [1.54, 1.807) is 0 Å². The number of rotatable bonds is 0. The first-order valence-electron chi connectivity index (χ1n) is 0. The van der Waals surface area contributed by atoms with Gasteiger partial charge in [-0.25, -0.2) is 0 Å². The molecule has 0 bridgehead atoms. The van der Waals surface area contributed by atoms with Gasteiger partial charge in [-0.1, -0.05) is 0 Å². The van der Waals surface area contributed by atoms with E-state index >= 15 is 0 Å². The third-order valence-corrected chi connectivity index (χ3v) is 0. The first-order chi connectivity index (χ1) is 0. The second kappa shape index (κ2) is 27.9. The summed E-state index contributed by atoms with van der Waals surface area (Å²) in [6.45, 7) is 0. The van der Waals surface area contributed by atoms with Gasteiger partial charge in [-0.3, -0.25) is 0 Å². The van der Waals surface area contributed by atoms with Crippen LogP contribution in [0.3, 0.4) is 0 Å². The minimum absolute atomic E-state index is 0. The second-order valence-electron chi connectivity index (χ2n) is 0. The smallest absolute Gasteiger partial charge is 0 e. The molecule has 0 aliphatic carbocycles. The maximum Gasteiger partial charge on any atom is 0 e. The molecule has 0 heterocycles. The Bertz CT molecular complexity index is 11.6. The topological polar surface area (TPSA) is 0 Å². The maximum atomic E-state index is 0. The first-order valence-corrected chi connectivity index (χ1v) is 0. The van der Waals surface area contributed by atoms with Gasteiger partial charge in [-0.15, -0.1) is 0 Å². The van der Waals surface area contributed by atoms with E-state index in [1.165, 1.54) is 0 Å². The monoisotopic (exact) mass is 248 g/mol. The molecule has 0 aromatic rings. The molecule has 4 radical (unpaired) electrons. The van der Waals surface area contributed by atoms with Crippen molar-refractivity contribution in [2.75, 3.05) is 0 Å². The molecule has 0 rings (SSSR count). The largest absolute Gasteiger partial charge is 0 e. The molecule has 0 aromatic heterocycles. The Balaban J connectivity index is 0. The van der Waals surface area contributed by atoms with Crippen LogP contribution in [-0.4, -0.2) is 23.1 Å². The zero-order chi connectivity index (χ0) is 0. The predicted molar refractivity (Wildman–Crippen MR) is 5.75 cm³/mol. The zero-order valence-corrected chi connectivity index (χ0v) is 8.29. The van der Waals surface area contributed by atoms with Gasteiger partial charge in [0.25, 0.3) is 0 Å². The zero-order valence-electron chi connectivity index (χ0n) is 2.20. The van der Waals surface area contributed by atoms with Crippen molar-refractivity contribution in [2.45, 2.75) is 0 Å². The van der Waals surface area contributed by atoms with Crippen molar-refractivity contribution in [3.8, 4) is 0 Å². The molecule has 0 nitrogen and oxygen atoms in total. The van der Waals surface area contributed by atoms with E-state index in [0.717, 1.165) is 0 Å². The SMILES string of the molecule is [Cu].[Mg].[Mn].[Ni].[Ti]. The van der Waals surface area contributed by atoms with E-state index in [-0.39, 0.29) is 95.4 Å². The fourth-order valence-electron chi connectivity index (χ4n) is 0. The van der Waals surface area contributed by atoms with Gasteiger partial charge >= 0.3 is 0 Å². The van der Waals surface area contributed by atoms with E-state index < -0.39 is 0 Å². The Hall–Kier alpha value is 3.01. The average Bonchev–Trinajstić information content (AvgIpc) is 0. The van der Waals surface area contributed by atoms with E-state index in [0.29, 0.717) is 0 Å². The van der Waals surface area contributed by atoms with Crippen LogP contribution in [0.1, 0.15) is 0 Å². The molecule has 0 aliphatic heterocycles. The van der Waals surface area contributed by atoms with Crippen LogP contribution in [0.2, 0.25) is 0 Å². The summed E-state index contributed by atoms with van der Waals surface area (Å²) >= 11 is 0. The summed E-state index contributed by atoms with van der Waals surface area (Å²) in [5.74, 6) is 0. The van der Waals surface area contributed by atoms with Crippen molar-refractivity contribution in [2.24, 2.45) is 0 Å². The van der Waals surface area contributed by atoms with E-state index in [4.69, 9.17) is 0 Å². The molecule has 0 saturated carbocycles. The molecule has 0 amide bonds. The summed E-state index contributed by atoms with van der Waals surface area (Å²) in [5, 5.41) is 0. The molecule has 0 fully saturated rings. The van der Waals surface area contributed by atoms with E-state index in [9.17, 15) is 0 Å². The van der Waals surface area contributed by atoms with Crippen LogP contribution in [0, 0.1) is 0 Å². The van der Waals surface area contributed by atoms with Gasteiger partial charge in [-0.05, 0) is 0 Å². The van der Waals surface area contributed by atoms with Gasteiger partial charge in [0.2, 0.25) is 0 Å². The van der Waals surface area contributed by atoms with Crippen molar-refractivity contribution in [1.29, 1.82) is 0 Å². The van der Waals surface area contributed by atoms with Crippen LogP contribution in [0.4, 0.5) is 0 Å². The third-order valence-electron chi connectivity index (χ3n) is 0. The standard InChI is InChI=1S/Cu.Mg.Mn.Ni.Ti. The molecule has 0 saturated heterocycles. The van der Waals surface area contributed by atoms with E-state index in [2.05, 4.69) is 0 Å². The van der Waals surface area contributed by atoms with Crippen LogP contribution in [0.15, 0.2) is 0 Å². The Kier molecular flexibility index (Phi) is 243. The van der Waals surface area contributed by atoms with Gasteiger partial charge in [0.05, 0.1) is 0 Å². The molecule has 5 heavy (non-hydrogen) atoms. The third kappa shape index (κ3) is 19.4. The molecule has 0 atom stereocenters. The number of hydrogen-bond acceptors (Lipinski definition) is 0.